The normalized spacial score (nSPS) is 11.4. The van der Waals surface area contributed by atoms with Gasteiger partial charge in [0.1, 0.15) is 18.5 Å². The molecule has 1 aromatic carbocycles. The van der Waals surface area contributed by atoms with Gasteiger partial charge < -0.3 is 9.84 Å². The summed E-state index contributed by atoms with van der Waals surface area (Å²) in [5.41, 5.74) is 0.856. The van der Waals surface area contributed by atoms with Crippen LogP contribution < -0.4 is 0 Å². The lowest BCUT2D eigenvalue weighted by atomic mass is 10.1. The van der Waals surface area contributed by atoms with Crippen LogP contribution in [0.2, 0.25) is 0 Å². The SMILES string of the molecule is CC(C)(C)OC(=O)c1cccc(Cn2ncnc2CO)c1. The van der Waals surface area contributed by atoms with Crippen LogP contribution in [0.25, 0.3) is 0 Å². The van der Waals surface area contributed by atoms with E-state index in [4.69, 9.17) is 9.84 Å². The first-order valence-electron chi connectivity index (χ1n) is 6.69. The first kappa shape index (κ1) is 15.2. The number of esters is 1. The number of hydrogen-bond acceptors (Lipinski definition) is 5. The van der Waals surface area contributed by atoms with Crippen molar-refractivity contribution in [2.24, 2.45) is 0 Å². The summed E-state index contributed by atoms with van der Waals surface area (Å²) in [6.45, 7) is 5.76. The fraction of sp³-hybridized carbons (Fsp3) is 0.400. The molecule has 0 radical (unpaired) electrons. The third-order valence-corrected chi connectivity index (χ3v) is 2.73. The Morgan fingerprint density at radius 2 is 2.14 bits per heavy atom. The van der Waals surface area contributed by atoms with Crippen molar-refractivity contribution in [3.8, 4) is 0 Å². The molecule has 0 saturated carbocycles. The van der Waals surface area contributed by atoms with Crippen molar-refractivity contribution >= 4 is 5.97 Å². The predicted octanol–water partition coefficient (Wildman–Crippen LogP) is 1.77. The summed E-state index contributed by atoms with van der Waals surface area (Å²) in [5, 5.41) is 13.2. The molecule has 112 valence electrons. The van der Waals surface area contributed by atoms with Crippen molar-refractivity contribution in [3.63, 3.8) is 0 Å². The van der Waals surface area contributed by atoms with Crippen LogP contribution in [-0.4, -0.2) is 31.4 Å². The lowest BCUT2D eigenvalue weighted by Gasteiger charge is -2.19. The molecule has 0 atom stereocenters. The van der Waals surface area contributed by atoms with Crippen LogP contribution in [0.4, 0.5) is 0 Å². The Balaban J connectivity index is 2.16. The molecular weight excluding hydrogens is 270 g/mol. The quantitative estimate of drug-likeness (QED) is 0.868. The van der Waals surface area contributed by atoms with Gasteiger partial charge in [0.2, 0.25) is 0 Å². The van der Waals surface area contributed by atoms with Gasteiger partial charge in [0.25, 0.3) is 0 Å². The lowest BCUT2D eigenvalue weighted by molar-refractivity contribution is 0.00694. The maximum atomic E-state index is 12.0. The van der Waals surface area contributed by atoms with E-state index in [1.807, 2.05) is 26.8 Å². The van der Waals surface area contributed by atoms with E-state index in [1.165, 1.54) is 6.33 Å². The molecule has 21 heavy (non-hydrogen) atoms. The number of carbonyl (C=O) groups excluding carboxylic acids is 1. The van der Waals surface area contributed by atoms with E-state index in [1.54, 1.807) is 22.9 Å². The fourth-order valence-electron chi connectivity index (χ4n) is 1.85. The van der Waals surface area contributed by atoms with E-state index >= 15 is 0 Å². The number of hydrogen-bond donors (Lipinski definition) is 1. The Morgan fingerprint density at radius 3 is 2.81 bits per heavy atom. The molecule has 6 heteroatoms. The summed E-state index contributed by atoms with van der Waals surface area (Å²) < 4.78 is 6.94. The molecule has 0 fully saturated rings. The highest BCUT2D eigenvalue weighted by molar-refractivity contribution is 5.89. The van der Waals surface area contributed by atoms with Crippen LogP contribution >= 0.6 is 0 Å². The summed E-state index contributed by atoms with van der Waals surface area (Å²) in [4.78, 5) is 16.0. The highest BCUT2D eigenvalue weighted by Gasteiger charge is 2.18. The van der Waals surface area contributed by atoms with E-state index in [-0.39, 0.29) is 12.6 Å². The summed E-state index contributed by atoms with van der Waals surface area (Å²) in [6.07, 6.45) is 1.39. The van der Waals surface area contributed by atoms with Gasteiger partial charge in [-0.3, -0.25) is 0 Å². The van der Waals surface area contributed by atoms with E-state index < -0.39 is 5.60 Å². The average Bonchev–Trinajstić information content (AvgIpc) is 2.84. The Morgan fingerprint density at radius 1 is 1.38 bits per heavy atom. The second-order valence-electron chi connectivity index (χ2n) is 5.69. The Kier molecular flexibility index (Phi) is 4.37. The average molecular weight is 289 g/mol. The van der Waals surface area contributed by atoms with E-state index in [0.717, 1.165) is 5.56 Å². The molecule has 6 nitrogen and oxygen atoms in total. The second kappa shape index (κ2) is 6.05. The van der Waals surface area contributed by atoms with Gasteiger partial charge >= 0.3 is 5.97 Å². The number of nitrogens with zero attached hydrogens (tertiary/aromatic N) is 3. The molecule has 0 aliphatic rings. The van der Waals surface area contributed by atoms with E-state index in [9.17, 15) is 4.79 Å². The zero-order valence-corrected chi connectivity index (χ0v) is 12.4. The van der Waals surface area contributed by atoms with Crippen LogP contribution in [0.1, 0.15) is 42.5 Å². The van der Waals surface area contributed by atoms with Crippen LogP contribution in [0.5, 0.6) is 0 Å². The van der Waals surface area contributed by atoms with Crippen molar-refractivity contribution in [2.45, 2.75) is 39.5 Å². The molecule has 0 aliphatic heterocycles. The van der Waals surface area contributed by atoms with Crippen molar-refractivity contribution in [1.82, 2.24) is 14.8 Å². The van der Waals surface area contributed by atoms with Crippen LogP contribution in [-0.2, 0) is 17.9 Å². The molecule has 2 rings (SSSR count). The molecule has 0 amide bonds. The monoisotopic (exact) mass is 289 g/mol. The summed E-state index contributed by atoms with van der Waals surface area (Å²) in [7, 11) is 0. The third-order valence-electron chi connectivity index (χ3n) is 2.73. The van der Waals surface area contributed by atoms with Crippen molar-refractivity contribution in [2.75, 3.05) is 0 Å². The Bertz CT molecular complexity index is 629. The number of aliphatic hydroxyl groups excluding tert-OH is 1. The Labute approximate surface area is 123 Å². The number of benzene rings is 1. The van der Waals surface area contributed by atoms with Gasteiger partial charge in [0.05, 0.1) is 12.1 Å². The molecule has 1 heterocycles. The molecule has 0 aliphatic carbocycles. The highest BCUT2D eigenvalue weighted by Crippen LogP contribution is 2.14. The molecule has 0 saturated heterocycles. The number of rotatable bonds is 4. The van der Waals surface area contributed by atoms with Gasteiger partial charge in [-0.15, -0.1) is 0 Å². The van der Waals surface area contributed by atoms with Crippen molar-refractivity contribution in [3.05, 3.63) is 47.5 Å². The lowest BCUT2D eigenvalue weighted by Crippen LogP contribution is -2.24. The first-order chi connectivity index (χ1) is 9.89. The topological polar surface area (TPSA) is 77.2 Å². The van der Waals surface area contributed by atoms with E-state index in [2.05, 4.69) is 10.1 Å². The van der Waals surface area contributed by atoms with Gasteiger partial charge in [0.15, 0.2) is 5.82 Å². The fourth-order valence-corrected chi connectivity index (χ4v) is 1.85. The Hall–Kier alpha value is -2.21. The summed E-state index contributed by atoms with van der Waals surface area (Å²) >= 11 is 0. The number of aliphatic hydroxyl groups is 1. The van der Waals surface area contributed by atoms with Crippen LogP contribution in [0, 0.1) is 0 Å². The van der Waals surface area contributed by atoms with Gasteiger partial charge in [-0.25, -0.2) is 14.5 Å². The largest absolute Gasteiger partial charge is 0.456 e. The minimum absolute atomic E-state index is 0.175. The van der Waals surface area contributed by atoms with E-state index in [0.29, 0.717) is 17.9 Å². The van der Waals surface area contributed by atoms with Gasteiger partial charge in [-0.1, -0.05) is 12.1 Å². The van der Waals surface area contributed by atoms with Crippen molar-refractivity contribution < 1.29 is 14.6 Å². The van der Waals surface area contributed by atoms with Gasteiger partial charge in [0, 0.05) is 0 Å². The second-order valence-corrected chi connectivity index (χ2v) is 5.69. The minimum Gasteiger partial charge on any atom is -0.456 e. The minimum atomic E-state index is -0.525. The van der Waals surface area contributed by atoms with Crippen molar-refractivity contribution in [1.29, 1.82) is 0 Å². The first-order valence-corrected chi connectivity index (χ1v) is 6.69. The summed E-state index contributed by atoms with van der Waals surface area (Å²) in [5.74, 6) is 0.128. The maximum Gasteiger partial charge on any atom is 0.338 e. The third kappa shape index (κ3) is 4.13. The smallest absolute Gasteiger partial charge is 0.338 e. The number of carbonyl (C=O) groups is 1. The molecule has 1 N–H and O–H groups in total. The summed E-state index contributed by atoms with van der Waals surface area (Å²) in [6, 6.07) is 7.16. The zero-order chi connectivity index (χ0) is 15.5. The highest BCUT2D eigenvalue weighted by atomic mass is 16.6. The number of ether oxygens (including phenoxy) is 1. The zero-order valence-electron chi connectivity index (χ0n) is 12.4. The van der Waals surface area contributed by atoms with Crippen LogP contribution in [0.3, 0.4) is 0 Å². The van der Waals surface area contributed by atoms with Gasteiger partial charge in [-0.2, -0.15) is 5.10 Å². The molecule has 2 aromatic rings. The predicted molar refractivity (Wildman–Crippen MR) is 76.7 cm³/mol. The molecule has 0 bridgehead atoms. The maximum absolute atomic E-state index is 12.0. The molecular formula is C15H19N3O3. The molecule has 0 spiro atoms. The number of aromatic nitrogens is 3. The van der Waals surface area contributed by atoms with Crippen LogP contribution in [0.15, 0.2) is 30.6 Å². The molecule has 1 aromatic heterocycles. The standard InChI is InChI=1S/C15H19N3O3/c1-15(2,3)21-14(20)12-6-4-5-11(7-12)8-18-13(9-19)16-10-17-18/h4-7,10,19H,8-9H2,1-3H3. The van der Waals surface area contributed by atoms with Gasteiger partial charge in [-0.05, 0) is 38.5 Å². The molecule has 0 unspecified atom stereocenters.